The molecule has 1 N–H and O–H groups in total. The molecule has 0 radical (unpaired) electrons. The van der Waals surface area contributed by atoms with Crippen LogP contribution in [0.25, 0.3) is 0 Å². The Kier molecular flexibility index (Phi) is 5.52. The first-order valence-corrected chi connectivity index (χ1v) is 5.03. The highest BCUT2D eigenvalue weighted by Gasteiger charge is 2.02. The third-order valence-corrected chi connectivity index (χ3v) is 1.91. The predicted molar refractivity (Wildman–Crippen MR) is 57.7 cm³/mol. The fourth-order valence-electron chi connectivity index (χ4n) is 1.12. The van der Waals surface area contributed by atoms with Crippen molar-refractivity contribution >= 4 is 5.91 Å². The zero-order valence-corrected chi connectivity index (χ0v) is 9.60. The molecule has 0 unspecified atom stereocenters. The number of amides is 1. The molecule has 0 bridgehead atoms. The second kappa shape index (κ2) is 6.97. The van der Waals surface area contributed by atoms with Crippen LogP contribution in [0.2, 0.25) is 0 Å². The van der Waals surface area contributed by atoms with Crippen LogP contribution in [0.5, 0.6) is 0 Å². The molecule has 0 atom stereocenters. The van der Waals surface area contributed by atoms with E-state index in [9.17, 15) is 4.79 Å². The van der Waals surface area contributed by atoms with Crippen LogP contribution in [-0.4, -0.2) is 42.6 Å². The summed E-state index contributed by atoms with van der Waals surface area (Å²) in [6, 6.07) is 0. The number of carbonyl (C=O) groups excluding carboxylic acids is 1. The lowest BCUT2D eigenvalue weighted by molar-refractivity contribution is -0.126. The number of aryl methyl sites for hydroxylation is 1. The largest absolute Gasteiger partial charge is 0.382 e. The molecular formula is C10H17N3O3. The van der Waals surface area contributed by atoms with Gasteiger partial charge in [-0.05, 0) is 0 Å². The zero-order chi connectivity index (χ0) is 11.8. The molecule has 0 saturated carbocycles. The van der Waals surface area contributed by atoms with Gasteiger partial charge in [-0.2, -0.15) is 5.10 Å². The van der Waals surface area contributed by atoms with Crippen LogP contribution in [0.4, 0.5) is 0 Å². The zero-order valence-electron chi connectivity index (χ0n) is 9.60. The maximum atomic E-state index is 11.3. The van der Waals surface area contributed by atoms with Crippen LogP contribution in [0.1, 0.15) is 5.56 Å². The Hall–Kier alpha value is -1.40. The molecule has 0 saturated heterocycles. The van der Waals surface area contributed by atoms with Gasteiger partial charge in [0.15, 0.2) is 0 Å². The number of hydrogen-bond acceptors (Lipinski definition) is 4. The van der Waals surface area contributed by atoms with Crippen LogP contribution in [-0.2, 0) is 27.9 Å². The Bertz CT molecular complexity index is 325. The fourth-order valence-corrected chi connectivity index (χ4v) is 1.12. The Morgan fingerprint density at radius 2 is 2.38 bits per heavy atom. The van der Waals surface area contributed by atoms with Crippen molar-refractivity contribution < 1.29 is 14.3 Å². The van der Waals surface area contributed by atoms with E-state index >= 15 is 0 Å². The van der Waals surface area contributed by atoms with E-state index in [4.69, 9.17) is 9.47 Å². The first-order chi connectivity index (χ1) is 7.72. The highest BCUT2D eigenvalue weighted by Crippen LogP contribution is 1.94. The lowest BCUT2D eigenvalue weighted by Crippen LogP contribution is -2.27. The summed E-state index contributed by atoms with van der Waals surface area (Å²) in [6.45, 7) is 1.45. The van der Waals surface area contributed by atoms with Crippen molar-refractivity contribution in [2.24, 2.45) is 7.05 Å². The summed E-state index contributed by atoms with van der Waals surface area (Å²) in [7, 11) is 3.42. The topological polar surface area (TPSA) is 65.4 Å². The lowest BCUT2D eigenvalue weighted by Gasteiger charge is -2.04. The predicted octanol–water partition coefficient (Wildman–Crippen LogP) is -0.301. The minimum atomic E-state index is -0.139. The van der Waals surface area contributed by atoms with Crippen LogP contribution in [0.3, 0.4) is 0 Å². The van der Waals surface area contributed by atoms with Gasteiger partial charge in [0, 0.05) is 32.5 Å². The highest BCUT2D eigenvalue weighted by molar-refractivity contribution is 5.77. The average molecular weight is 227 g/mol. The van der Waals surface area contributed by atoms with Gasteiger partial charge < -0.3 is 14.8 Å². The Morgan fingerprint density at radius 3 is 3.00 bits per heavy atom. The van der Waals surface area contributed by atoms with Crippen molar-refractivity contribution in [2.45, 2.75) is 6.54 Å². The smallest absolute Gasteiger partial charge is 0.246 e. The first kappa shape index (κ1) is 12.7. The molecule has 1 aromatic rings. The van der Waals surface area contributed by atoms with E-state index in [1.807, 2.05) is 13.2 Å². The molecule has 0 aliphatic carbocycles. The normalized spacial score (nSPS) is 10.4. The summed E-state index contributed by atoms with van der Waals surface area (Å²) in [5.41, 5.74) is 0.966. The summed E-state index contributed by atoms with van der Waals surface area (Å²) in [4.78, 5) is 11.3. The average Bonchev–Trinajstić information content (AvgIpc) is 2.68. The van der Waals surface area contributed by atoms with Gasteiger partial charge in [0.05, 0.1) is 19.4 Å². The van der Waals surface area contributed by atoms with Gasteiger partial charge >= 0.3 is 0 Å². The van der Waals surface area contributed by atoms with Crippen molar-refractivity contribution in [2.75, 3.05) is 26.9 Å². The minimum Gasteiger partial charge on any atom is -0.382 e. The quantitative estimate of drug-likeness (QED) is 0.649. The van der Waals surface area contributed by atoms with Crippen molar-refractivity contribution in [3.05, 3.63) is 18.0 Å². The summed E-state index contributed by atoms with van der Waals surface area (Å²) >= 11 is 0. The molecule has 6 heteroatoms. The SMILES string of the molecule is COCCOCC(=O)NCc1cnn(C)c1. The number of hydrogen-bond donors (Lipinski definition) is 1. The summed E-state index contributed by atoms with van der Waals surface area (Å²) in [5.74, 6) is -0.139. The first-order valence-electron chi connectivity index (χ1n) is 5.03. The molecule has 1 heterocycles. The summed E-state index contributed by atoms with van der Waals surface area (Å²) in [5, 5.41) is 6.73. The molecule has 0 fully saturated rings. The third-order valence-electron chi connectivity index (χ3n) is 1.91. The van der Waals surface area contributed by atoms with Gasteiger partial charge in [-0.3, -0.25) is 9.48 Å². The van der Waals surface area contributed by atoms with Gasteiger partial charge in [-0.15, -0.1) is 0 Å². The van der Waals surface area contributed by atoms with E-state index in [0.29, 0.717) is 19.8 Å². The molecule has 0 aliphatic heterocycles. The summed E-state index contributed by atoms with van der Waals surface area (Å²) < 4.78 is 11.6. The Labute approximate surface area is 94.5 Å². The molecule has 0 spiro atoms. The standard InChI is InChI=1S/C10H17N3O3/c1-13-7-9(6-12-13)5-11-10(14)8-16-4-3-15-2/h6-7H,3-5,8H2,1-2H3,(H,11,14). The second-order valence-corrected chi connectivity index (χ2v) is 3.34. The number of methoxy groups -OCH3 is 1. The van der Waals surface area contributed by atoms with Crippen molar-refractivity contribution in [1.82, 2.24) is 15.1 Å². The van der Waals surface area contributed by atoms with Crippen molar-refractivity contribution in [3.63, 3.8) is 0 Å². The Balaban J connectivity index is 2.10. The molecule has 16 heavy (non-hydrogen) atoms. The number of nitrogens with zero attached hydrogens (tertiary/aromatic N) is 2. The van der Waals surface area contributed by atoms with Gasteiger partial charge in [0.25, 0.3) is 0 Å². The monoisotopic (exact) mass is 227 g/mol. The third kappa shape index (κ3) is 4.90. The number of aromatic nitrogens is 2. The van der Waals surface area contributed by atoms with E-state index < -0.39 is 0 Å². The van der Waals surface area contributed by atoms with Crippen molar-refractivity contribution in [3.8, 4) is 0 Å². The Morgan fingerprint density at radius 1 is 1.56 bits per heavy atom. The summed E-state index contributed by atoms with van der Waals surface area (Å²) in [6.07, 6.45) is 3.57. The van der Waals surface area contributed by atoms with E-state index in [0.717, 1.165) is 5.56 Å². The fraction of sp³-hybridized carbons (Fsp3) is 0.600. The van der Waals surface area contributed by atoms with E-state index in [1.54, 1.807) is 18.0 Å². The maximum Gasteiger partial charge on any atom is 0.246 e. The molecule has 0 aromatic carbocycles. The van der Waals surface area contributed by atoms with Crippen molar-refractivity contribution in [1.29, 1.82) is 0 Å². The van der Waals surface area contributed by atoms with E-state index in [1.165, 1.54) is 0 Å². The van der Waals surface area contributed by atoms with Gasteiger partial charge in [0.2, 0.25) is 5.91 Å². The van der Waals surface area contributed by atoms with E-state index in [-0.39, 0.29) is 12.5 Å². The minimum absolute atomic E-state index is 0.0591. The molecule has 0 aliphatic rings. The van der Waals surface area contributed by atoms with Gasteiger partial charge in [0.1, 0.15) is 6.61 Å². The molecule has 1 amide bonds. The molecule has 6 nitrogen and oxygen atoms in total. The molecule has 1 rings (SSSR count). The lowest BCUT2D eigenvalue weighted by atomic mass is 10.3. The van der Waals surface area contributed by atoms with Crippen LogP contribution in [0.15, 0.2) is 12.4 Å². The van der Waals surface area contributed by atoms with Gasteiger partial charge in [-0.25, -0.2) is 0 Å². The number of ether oxygens (including phenoxy) is 2. The van der Waals surface area contributed by atoms with Crippen LogP contribution >= 0.6 is 0 Å². The number of rotatable bonds is 7. The van der Waals surface area contributed by atoms with Crippen LogP contribution in [0, 0.1) is 0 Å². The van der Waals surface area contributed by atoms with E-state index in [2.05, 4.69) is 10.4 Å². The molecule has 90 valence electrons. The van der Waals surface area contributed by atoms with Crippen LogP contribution < -0.4 is 5.32 Å². The molecule has 1 aromatic heterocycles. The molecular weight excluding hydrogens is 210 g/mol. The highest BCUT2D eigenvalue weighted by atomic mass is 16.5. The number of nitrogens with one attached hydrogen (secondary N) is 1. The second-order valence-electron chi connectivity index (χ2n) is 3.34. The maximum absolute atomic E-state index is 11.3. The van der Waals surface area contributed by atoms with Gasteiger partial charge in [-0.1, -0.05) is 0 Å². The number of carbonyl (C=O) groups is 1.